The number of aromatic nitrogens is 2. The molecule has 5 heteroatoms. The maximum absolute atomic E-state index is 13.8. The van der Waals surface area contributed by atoms with Gasteiger partial charge in [0.2, 0.25) is 0 Å². The van der Waals surface area contributed by atoms with E-state index in [1.54, 1.807) is 18.2 Å². The van der Waals surface area contributed by atoms with E-state index in [9.17, 15) is 4.39 Å². The third-order valence-electron chi connectivity index (χ3n) is 3.38. The molecule has 2 aromatic carbocycles. The molecule has 0 amide bonds. The van der Waals surface area contributed by atoms with E-state index in [4.69, 9.17) is 16.1 Å². The Balaban J connectivity index is 1.74. The summed E-state index contributed by atoms with van der Waals surface area (Å²) >= 11 is 6.00. The summed E-state index contributed by atoms with van der Waals surface area (Å²) in [5.74, 6) is 0.382. The molecule has 0 saturated carbocycles. The lowest BCUT2D eigenvalue weighted by Crippen LogP contribution is -1.95. The van der Waals surface area contributed by atoms with Crippen molar-refractivity contribution in [1.29, 1.82) is 0 Å². The van der Waals surface area contributed by atoms with E-state index in [-0.39, 0.29) is 12.2 Å². The number of hydrogen-bond donors (Lipinski definition) is 0. The number of benzene rings is 2. The third-order valence-corrected chi connectivity index (χ3v) is 3.73. The number of rotatable bonds is 4. The first-order valence-electron chi connectivity index (χ1n) is 7.12. The number of hydrogen-bond acceptors (Lipinski definition) is 3. The topological polar surface area (TPSA) is 38.9 Å². The smallest absolute Gasteiger partial charge is 0.250 e. The Morgan fingerprint density at radius 1 is 1.13 bits per heavy atom. The summed E-state index contributed by atoms with van der Waals surface area (Å²) < 4.78 is 18.9. The van der Waals surface area contributed by atoms with Crippen LogP contribution >= 0.6 is 11.6 Å². The zero-order chi connectivity index (χ0) is 16.2. The molecule has 0 aliphatic rings. The van der Waals surface area contributed by atoms with Crippen LogP contribution in [-0.2, 0) is 6.42 Å². The summed E-state index contributed by atoms with van der Waals surface area (Å²) in [6, 6.07) is 12.6. The van der Waals surface area contributed by atoms with Gasteiger partial charge in [-0.3, -0.25) is 0 Å². The van der Waals surface area contributed by atoms with Crippen molar-refractivity contribution in [2.45, 2.75) is 13.3 Å². The number of nitrogens with zero attached hydrogens (tertiary/aromatic N) is 2. The Bertz CT molecular complexity index is 820. The van der Waals surface area contributed by atoms with E-state index >= 15 is 0 Å². The molecule has 0 bridgehead atoms. The molecule has 3 nitrogen and oxygen atoms in total. The fourth-order valence-corrected chi connectivity index (χ4v) is 2.34. The highest BCUT2D eigenvalue weighted by molar-refractivity contribution is 6.31. The summed E-state index contributed by atoms with van der Waals surface area (Å²) in [5, 5.41) is 4.21. The minimum Gasteiger partial charge on any atom is -0.335 e. The molecule has 0 atom stereocenters. The van der Waals surface area contributed by atoms with Crippen molar-refractivity contribution in [3.05, 3.63) is 81.7 Å². The van der Waals surface area contributed by atoms with Gasteiger partial charge in [-0.2, -0.15) is 4.98 Å². The number of halogens is 2. The minimum absolute atomic E-state index is 0.188. The summed E-state index contributed by atoms with van der Waals surface area (Å²) in [4.78, 5) is 4.23. The Morgan fingerprint density at radius 2 is 1.91 bits per heavy atom. The molecule has 0 N–H and O–H groups in total. The minimum atomic E-state index is -0.376. The van der Waals surface area contributed by atoms with Gasteiger partial charge in [-0.25, -0.2) is 4.39 Å². The second-order valence-electron chi connectivity index (χ2n) is 5.17. The largest absolute Gasteiger partial charge is 0.335 e. The normalized spacial score (nSPS) is 11.3. The van der Waals surface area contributed by atoms with Crippen LogP contribution in [0.2, 0.25) is 5.02 Å². The van der Waals surface area contributed by atoms with E-state index in [0.29, 0.717) is 22.3 Å². The van der Waals surface area contributed by atoms with Crippen LogP contribution in [0.4, 0.5) is 4.39 Å². The Labute approximate surface area is 138 Å². The Hall–Kier alpha value is -2.46. The Kier molecular flexibility index (Phi) is 4.53. The fourth-order valence-electron chi connectivity index (χ4n) is 2.11. The van der Waals surface area contributed by atoms with Gasteiger partial charge in [0.1, 0.15) is 5.82 Å². The molecule has 1 heterocycles. The zero-order valence-corrected chi connectivity index (χ0v) is 13.2. The van der Waals surface area contributed by atoms with Gasteiger partial charge in [-0.05, 0) is 30.7 Å². The van der Waals surface area contributed by atoms with Crippen molar-refractivity contribution >= 4 is 23.8 Å². The summed E-state index contributed by atoms with van der Waals surface area (Å²) in [6.45, 7) is 2.03. The highest BCUT2D eigenvalue weighted by Crippen LogP contribution is 2.21. The molecule has 3 aromatic rings. The van der Waals surface area contributed by atoms with Crippen LogP contribution in [-0.4, -0.2) is 10.1 Å². The average Bonchev–Trinajstić information content (AvgIpc) is 2.98. The van der Waals surface area contributed by atoms with Gasteiger partial charge < -0.3 is 4.52 Å². The third kappa shape index (κ3) is 3.85. The van der Waals surface area contributed by atoms with Gasteiger partial charge in [0.15, 0.2) is 5.82 Å². The fraction of sp³-hybridized carbons (Fsp3) is 0.111. The zero-order valence-electron chi connectivity index (χ0n) is 12.5. The van der Waals surface area contributed by atoms with Gasteiger partial charge in [0.05, 0.1) is 0 Å². The van der Waals surface area contributed by atoms with Gasteiger partial charge in [-0.1, -0.05) is 52.7 Å². The van der Waals surface area contributed by atoms with Crippen molar-refractivity contribution in [1.82, 2.24) is 10.1 Å². The van der Waals surface area contributed by atoms with Gasteiger partial charge in [0, 0.05) is 23.1 Å². The second kappa shape index (κ2) is 6.75. The maximum atomic E-state index is 13.8. The molecule has 0 aliphatic carbocycles. The van der Waals surface area contributed by atoms with Crippen LogP contribution in [0.3, 0.4) is 0 Å². The molecule has 0 fully saturated rings. The first-order chi connectivity index (χ1) is 11.1. The van der Waals surface area contributed by atoms with Crippen LogP contribution in [0.5, 0.6) is 0 Å². The molecular weight excluding hydrogens is 315 g/mol. The van der Waals surface area contributed by atoms with Crippen LogP contribution in [0, 0.1) is 12.7 Å². The van der Waals surface area contributed by atoms with Crippen molar-refractivity contribution in [3.63, 3.8) is 0 Å². The van der Waals surface area contributed by atoms with Crippen molar-refractivity contribution in [2.75, 3.05) is 0 Å². The second-order valence-corrected chi connectivity index (χ2v) is 5.58. The molecule has 23 heavy (non-hydrogen) atoms. The van der Waals surface area contributed by atoms with Crippen molar-refractivity contribution in [2.24, 2.45) is 0 Å². The van der Waals surface area contributed by atoms with Crippen LogP contribution < -0.4 is 0 Å². The Morgan fingerprint density at radius 3 is 2.65 bits per heavy atom. The molecule has 1 aromatic heterocycles. The molecule has 0 radical (unpaired) electrons. The predicted molar refractivity (Wildman–Crippen MR) is 88.6 cm³/mol. The SMILES string of the molecule is Cc1ccc(/C=C/c2nc(Cc3c(F)cccc3Cl)no2)cc1. The molecule has 3 rings (SSSR count). The van der Waals surface area contributed by atoms with Gasteiger partial charge >= 0.3 is 0 Å². The highest BCUT2D eigenvalue weighted by atomic mass is 35.5. The average molecular weight is 329 g/mol. The molecular formula is C18H14ClFN2O. The molecule has 116 valence electrons. The first-order valence-corrected chi connectivity index (χ1v) is 7.50. The monoisotopic (exact) mass is 328 g/mol. The first kappa shape index (κ1) is 15.4. The number of aryl methyl sites for hydroxylation is 1. The van der Waals surface area contributed by atoms with Crippen molar-refractivity contribution in [3.8, 4) is 0 Å². The predicted octanol–water partition coefficient (Wildman–Crippen LogP) is 4.93. The van der Waals surface area contributed by atoms with E-state index < -0.39 is 0 Å². The molecule has 0 saturated heterocycles. The van der Waals surface area contributed by atoms with E-state index in [1.165, 1.54) is 11.6 Å². The van der Waals surface area contributed by atoms with Gasteiger partial charge in [-0.15, -0.1) is 0 Å². The van der Waals surface area contributed by atoms with Crippen molar-refractivity contribution < 1.29 is 8.91 Å². The molecule has 0 unspecified atom stereocenters. The lowest BCUT2D eigenvalue weighted by Gasteiger charge is -2.01. The van der Waals surface area contributed by atoms with E-state index in [2.05, 4.69) is 10.1 Å². The van der Waals surface area contributed by atoms with Gasteiger partial charge in [0.25, 0.3) is 5.89 Å². The summed E-state index contributed by atoms with van der Waals surface area (Å²) in [5.41, 5.74) is 2.60. The lowest BCUT2D eigenvalue weighted by molar-refractivity contribution is 0.404. The highest BCUT2D eigenvalue weighted by Gasteiger charge is 2.11. The maximum Gasteiger partial charge on any atom is 0.250 e. The molecule has 0 spiro atoms. The van der Waals surface area contributed by atoms with Crippen LogP contribution in [0.15, 0.2) is 47.0 Å². The van der Waals surface area contributed by atoms with E-state index in [0.717, 1.165) is 5.56 Å². The summed E-state index contributed by atoms with van der Waals surface area (Å²) in [7, 11) is 0. The lowest BCUT2D eigenvalue weighted by atomic mass is 10.1. The van der Waals surface area contributed by atoms with E-state index in [1.807, 2.05) is 37.3 Å². The quantitative estimate of drug-likeness (QED) is 0.681. The van der Waals surface area contributed by atoms with Crippen LogP contribution in [0.25, 0.3) is 12.2 Å². The summed E-state index contributed by atoms with van der Waals surface area (Å²) in [6.07, 6.45) is 3.80. The standard InChI is InChI=1S/C18H14ClFN2O/c1-12-5-7-13(8-6-12)9-10-18-21-17(22-23-18)11-14-15(19)3-2-4-16(14)20/h2-10H,11H2,1H3/b10-9+. The molecule has 0 aliphatic heterocycles. The van der Waals surface area contributed by atoms with Crippen LogP contribution in [0.1, 0.15) is 28.4 Å².